The van der Waals surface area contributed by atoms with Crippen LogP contribution in [0.4, 0.5) is 0 Å². The fourth-order valence-electron chi connectivity index (χ4n) is 5.25. The minimum absolute atomic E-state index is 0.116. The van der Waals surface area contributed by atoms with Crippen LogP contribution in [0.1, 0.15) is 62.0 Å². The lowest BCUT2D eigenvalue weighted by atomic mass is 9.91. The first-order valence-electron chi connectivity index (χ1n) is 12.1. The van der Waals surface area contributed by atoms with E-state index < -0.39 is 75.0 Å². The van der Waals surface area contributed by atoms with Crippen molar-refractivity contribution in [3.8, 4) is 40.1 Å². The smallest absolute Gasteiger partial charge is 0.340 e. The summed E-state index contributed by atoms with van der Waals surface area (Å²) in [5.74, 6) is -7.49. The quantitative estimate of drug-likeness (QED) is 0.191. The number of aryl methyl sites for hydroxylation is 1. The molecule has 4 heterocycles. The molecule has 14 heteroatoms. The van der Waals surface area contributed by atoms with Gasteiger partial charge in [-0.25, -0.2) is 9.59 Å². The van der Waals surface area contributed by atoms with E-state index >= 15 is 0 Å². The van der Waals surface area contributed by atoms with Crippen LogP contribution in [-0.4, -0.2) is 42.6 Å². The normalized spacial score (nSPS) is 15.1. The Balaban J connectivity index is 1.65. The van der Waals surface area contributed by atoms with Crippen molar-refractivity contribution in [3.05, 3.63) is 77.7 Å². The van der Waals surface area contributed by atoms with Crippen molar-refractivity contribution in [1.82, 2.24) is 0 Å². The van der Waals surface area contributed by atoms with Gasteiger partial charge in [0.2, 0.25) is 5.43 Å². The van der Waals surface area contributed by atoms with Crippen molar-refractivity contribution < 1.29 is 58.5 Å². The number of hydrogen-bond acceptors (Lipinski definition) is 12. The Bertz CT molecular complexity index is 2080. The van der Waals surface area contributed by atoms with Crippen LogP contribution in [0.15, 0.2) is 36.3 Å². The summed E-state index contributed by atoms with van der Waals surface area (Å²) in [6, 6.07) is 1.86. The number of phenols is 4. The fraction of sp³-hybridized carbons (Fsp3) is 0.143. The molecular formula is C28H18O14. The number of rotatable bonds is 3. The lowest BCUT2D eigenvalue weighted by molar-refractivity contribution is 0.0682. The van der Waals surface area contributed by atoms with E-state index in [-0.39, 0.29) is 56.6 Å². The van der Waals surface area contributed by atoms with Gasteiger partial charge in [-0.1, -0.05) is 0 Å². The molecule has 42 heavy (non-hydrogen) atoms. The molecule has 6 N–H and O–H groups in total. The molecular weight excluding hydrogens is 560 g/mol. The molecule has 2 aliphatic heterocycles. The highest BCUT2D eigenvalue weighted by Gasteiger charge is 2.38. The van der Waals surface area contributed by atoms with Crippen molar-refractivity contribution in [2.24, 2.45) is 0 Å². The molecule has 214 valence electrons. The SMILES string of the molecule is CC1=Cc2oc3cc(O)c(O)c(C(=O)O)c3c(=O)c2C(c2c(C)oc3c(c2=O)COc2cc(O)c(O)c(C(=O)O)c2-3)O1. The van der Waals surface area contributed by atoms with Crippen molar-refractivity contribution in [2.75, 3.05) is 0 Å². The van der Waals surface area contributed by atoms with E-state index in [1.54, 1.807) is 0 Å². The Kier molecular flexibility index (Phi) is 5.51. The molecule has 1 atom stereocenters. The van der Waals surface area contributed by atoms with E-state index in [0.717, 1.165) is 12.1 Å². The van der Waals surface area contributed by atoms with Crippen LogP contribution in [-0.2, 0) is 11.3 Å². The third kappa shape index (κ3) is 3.51. The largest absolute Gasteiger partial charge is 0.504 e. The summed E-state index contributed by atoms with van der Waals surface area (Å²) in [6.45, 7) is 2.40. The molecule has 0 radical (unpaired) electrons. The zero-order valence-electron chi connectivity index (χ0n) is 21.5. The van der Waals surface area contributed by atoms with Crippen molar-refractivity contribution >= 4 is 29.0 Å². The average molecular weight is 578 g/mol. The number of ether oxygens (including phenoxy) is 2. The zero-order chi connectivity index (χ0) is 30.4. The molecule has 6 rings (SSSR count). The van der Waals surface area contributed by atoms with Gasteiger partial charge in [-0.15, -0.1) is 0 Å². The highest BCUT2D eigenvalue weighted by atomic mass is 16.5. The summed E-state index contributed by atoms with van der Waals surface area (Å²) >= 11 is 0. The van der Waals surface area contributed by atoms with Crippen LogP contribution in [0.3, 0.4) is 0 Å². The number of fused-ring (bicyclic) bond motifs is 5. The van der Waals surface area contributed by atoms with Gasteiger partial charge in [0, 0.05) is 18.2 Å². The second-order valence-electron chi connectivity index (χ2n) is 9.55. The van der Waals surface area contributed by atoms with Gasteiger partial charge in [-0.05, 0) is 13.8 Å². The Labute approximate surface area is 232 Å². The number of aromatic carboxylic acids is 2. The van der Waals surface area contributed by atoms with Gasteiger partial charge >= 0.3 is 11.9 Å². The van der Waals surface area contributed by atoms with Crippen molar-refractivity contribution in [1.29, 1.82) is 0 Å². The predicted octanol–water partition coefficient (Wildman–Crippen LogP) is 3.31. The van der Waals surface area contributed by atoms with Gasteiger partial charge in [-0.2, -0.15) is 0 Å². The lowest BCUT2D eigenvalue weighted by Crippen LogP contribution is -2.30. The summed E-state index contributed by atoms with van der Waals surface area (Å²) in [5.41, 5.74) is -4.79. The molecule has 0 spiro atoms. The van der Waals surface area contributed by atoms with E-state index in [4.69, 9.17) is 18.3 Å². The van der Waals surface area contributed by atoms with Gasteiger partial charge in [0.1, 0.15) is 46.3 Å². The van der Waals surface area contributed by atoms with Gasteiger partial charge < -0.3 is 48.9 Å². The maximum Gasteiger partial charge on any atom is 0.340 e. The Morgan fingerprint density at radius 1 is 0.857 bits per heavy atom. The predicted molar refractivity (Wildman–Crippen MR) is 139 cm³/mol. The molecule has 0 bridgehead atoms. The zero-order valence-corrected chi connectivity index (χ0v) is 21.5. The first kappa shape index (κ1) is 26.3. The number of phenolic OH excluding ortho intramolecular Hbond substituents is 2. The number of carbonyl (C=O) groups is 2. The van der Waals surface area contributed by atoms with Crippen LogP contribution < -0.4 is 15.6 Å². The minimum Gasteiger partial charge on any atom is -0.504 e. The van der Waals surface area contributed by atoms with Crippen LogP contribution in [0, 0.1) is 6.92 Å². The summed E-state index contributed by atoms with van der Waals surface area (Å²) in [7, 11) is 0. The summed E-state index contributed by atoms with van der Waals surface area (Å²) in [4.78, 5) is 51.7. The van der Waals surface area contributed by atoms with Gasteiger partial charge in [0.15, 0.2) is 34.5 Å². The molecule has 2 aromatic carbocycles. The maximum atomic E-state index is 13.9. The summed E-state index contributed by atoms with van der Waals surface area (Å²) in [5, 5.41) is 59.3. The average Bonchev–Trinajstić information content (AvgIpc) is 2.89. The van der Waals surface area contributed by atoms with E-state index in [2.05, 4.69) is 0 Å². The number of allylic oxidation sites excluding steroid dienone is 1. The first-order chi connectivity index (χ1) is 19.8. The van der Waals surface area contributed by atoms with Crippen molar-refractivity contribution in [2.45, 2.75) is 26.6 Å². The molecule has 14 nitrogen and oxygen atoms in total. The van der Waals surface area contributed by atoms with Gasteiger partial charge in [0.05, 0.1) is 33.4 Å². The second kappa shape index (κ2) is 8.79. The molecule has 2 aromatic heterocycles. The number of benzene rings is 2. The van der Waals surface area contributed by atoms with Crippen LogP contribution in [0.25, 0.3) is 28.4 Å². The lowest BCUT2D eigenvalue weighted by Gasteiger charge is -2.27. The molecule has 0 amide bonds. The van der Waals surface area contributed by atoms with E-state index in [1.165, 1.54) is 19.9 Å². The van der Waals surface area contributed by atoms with Gasteiger partial charge in [-0.3, -0.25) is 9.59 Å². The molecule has 0 saturated heterocycles. The number of carboxylic acids is 2. The number of carboxylic acid groups (broad SMARTS) is 2. The molecule has 0 fully saturated rings. The van der Waals surface area contributed by atoms with Crippen molar-refractivity contribution in [3.63, 3.8) is 0 Å². The minimum atomic E-state index is -1.73. The van der Waals surface area contributed by atoms with Crippen LogP contribution in [0.5, 0.6) is 28.7 Å². The third-order valence-electron chi connectivity index (χ3n) is 7.06. The monoisotopic (exact) mass is 578 g/mol. The fourth-order valence-corrected chi connectivity index (χ4v) is 5.25. The highest BCUT2D eigenvalue weighted by Crippen LogP contribution is 2.48. The number of hydrogen-bond donors (Lipinski definition) is 6. The van der Waals surface area contributed by atoms with Crippen LogP contribution >= 0.6 is 0 Å². The molecule has 0 aliphatic carbocycles. The molecule has 0 saturated carbocycles. The van der Waals surface area contributed by atoms with E-state index in [0.29, 0.717) is 0 Å². The third-order valence-corrected chi connectivity index (χ3v) is 7.06. The first-order valence-corrected chi connectivity index (χ1v) is 12.1. The Morgan fingerprint density at radius 2 is 1.50 bits per heavy atom. The highest BCUT2D eigenvalue weighted by molar-refractivity contribution is 6.06. The van der Waals surface area contributed by atoms with Gasteiger partial charge in [0.25, 0.3) is 0 Å². The van der Waals surface area contributed by atoms with Crippen LogP contribution in [0.2, 0.25) is 0 Å². The Hall–Kier alpha value is -5.92. The van der Waals surface area contributed by atoms with E-state index in [9.17, 15) is 49.8 Å². The second-order valence-corrected chi connectivity index (χ2v) is 9.55. The maximum absolute atomic E-state index is 13.9. The number of aromatic hydroxyl groups is 4. The molecule has 4 aromatic rings. The molecule has 1 unspecified atom stereocenters. The van der Waals surface area contributed by atoms with E-state index in [1.807, 2.05) is 0 Å². The summed E-state index contributed by atoms with van der Waals surface area (Å²) in [6.07, 6.45) is -0.196. The topological polar surface area (TPSA) is 234 Å². The standard InChI is InChI=1S/C28H18O14/c1-7-3-13-18(24(34)16-14(42-13)5-11(30)22(32)19(16)27(35)36)26(40-7)15-8(2)41-25-9(21(15)31)6-39-12-4-10(29)23(33)20(17(12)25)28(37)38/h3-5,26,29-30,32-33H,6H2,1-2H3,(H,35,36)(H,37,38). The summed E-state index contributed by atoms with van der Waals surface area (Å²) < 4.78 is 23.1. The molecule has 2 aliphatic rings. The Morgan fingerprint density at radius 3 is 2.17 bits per heavy atom.